The predicted molar refractivity (Wildman–Crippen MR) is 81.9 cm³/mol. The first kappa shape index (κ1) is 16.6. The summed E-state index contributed by atoms with van der Waals surface area (Å²) in [4.78, 5) is 4.12. The Hall–Kier alpha value is -0.460. The van der Waals surface area contributed by atoms with Gasteiger partial charge < -0.3 is 0 Å². The van der Waals surface area contributed by atoms with Gasteiger partial charge in [0.2, 0.25) is 10.0 Å². The first-order valence-electron chi connectivity index (χ1n) is 6.50. The molecule has 1 unspecified atom stereocenters. The first-order chi connectivity index (χ1) is 9.07. The summed E-state index contributed by atoms with van der Waals surface area (Å²) in [5.74, 6) is 0.485. The minimum absolute atomic E-state index is 0.0920. The Morgan fingerprint density at radius 1 is 1.42 bits per heavy atom. The van der Waals surface area contributed by atoms with Gasteiger partial charge in [-0.2, -0.15) is 0 Å². The van der Waals surface area contributed by atoms with Gasteiger partial charge in [0, 0.05) is 30.2 Å². The van der Waals surface area contributed by atoms with Gasteiger partial charge in [-0.25, -0.2) is 13.1 Å². The number of sulfonamides is 1. The Morgan fingerprint density at radius 3 is 2.79 bits per heavy atom. The average molecular weight is 349 g/mol. The standard InChI is InChI=1S/C13H21BrN2O2S/c1-2-12(6-8-14)11-16-19(17,18)10-7-13-5-3-4-9-15-13/h3-5,9,12,16H,2,6-8,10-11H2,1H3. The van der Waals surface area contributed by atoms with Crippen LogP contribution in [0.2, 0.25) is 0 Å². The molecule has 6 heteroatoms. The van der Waals surface area contributed by atoms with Crippen molar-refractivity contribution < 1.29 is 8.42 Å². The van der Waals surface area contributed by atoms with E-state index in [2.05, 4.69) is 32.6 Å². The molecule has 0 aliphatic carbocycles. The summed E-state index contributed by atoms with van der Waals surface area (Å²) >= 11 is 3.39. The summed E-state index contributed by atoms with van der Waals surface area (Å²) in [6, 6.07) is 5.53. The van der Waals surface area contributed by atoms with Crippen LogP contribution in [0, 0.1) is 5.92 Å². The number of halogens is 1. The van der Waals surface area contributed by atoms with Gasteiger partial charge in [-0.1, -0.05) is 35.3 Å². The van der Waals surface area contributed by atoms with Crippen molar-refractivity contribution in [2.45, 2.75) is 26.2 Å². The normalized spacial score (nSPS) is 13.4. The molecule has 4 nitrogen and oxygen atoms in total. The molecule has 1 heterocycles. The van der Waals surface area contributed by atoms with Crippen molar-refractivity contribution in [1.29, 1.82) is 0 Å². The van der Waals surface area contributed by atoms with Crippen molar-refractivity contribution in [3.63, 3.8) is 0 Å². The summed E-state index contributed by atoms with van der Waals surface area (Å²) in [5, 5.41) is 0.904. The van der Waals surface area contributed by atoms with Crippen molar-refractivity contribution in [1.82, 2.24) is 9.71 Å². The average Bonchev–Trinajstić information content (AvgIpc) is 2.42. The van der Waals surface area contributed by atoms with E-state index in [1.54, 1.807) is 6.20 Å². The lowest BCUT2D eigenvalue weighted by molar-refractivity contribution is 0.483. The molecule has 1 N–H and O–H groups in total. The second-order valence-electron chi connectivity index (χ2n) is 4.49. The Kier molecular flexibility index (Phi) is 7.56. The molecule has 0 aromatic carbocycles. The first-order valence-corrected chi connectivity index (χ1v) is 9.28. The molecule has 108 valence electrons. The third kappa shape index (κ3) is 7.03. The largest absolute Gasteiger partial charge is 0.261 e. The molecule has 0 amide bonds. The van der Waals surface area contributed by atoms with Crippen LogP contribution < -0.4 is 4.72 Å². The molecule has 1 aromatic heterocycles. The van der Waals surface area contributed by atoms with Gasteiger partial charge in [-0.05, 0) is 24.5 Å². The number of nitrogens with zero attached hydrogens (tertiary/aromatic N) is 1. The van der Waals surface area contributed by atoms with E-state index in [4.69, 9.17) is 0 Å². The zero-order valence-corrected chi connectivity index (χ0v) is 13.6. The van der Waals surface area contributed by atoms with Crippen LogP contribution in [0.3, 0.4) is 0 Å². The van der Waals surface area contributed by atoms with Crippen molar-refractivity contribution >= 4 is 26.0 Å². The maximum absolute atomic E-state index is 11.9. The predicted octanol–water partition coefficient (Wildman–Crippen LogP) is 2.35. The van der Waals surface area contributed by atoms with E-state index in [9.17, 15) is 8.42 Å². The number of aromatic nitrogens is 1. The number of rotatable bonds is 9. The van der Waals surface area contributed by atoms with E-state index in [0.29, 0.717) is 18.9 Å². The van der Waals surface area contributed by atoms with Gasteiger partial charge in [0.25, 0.3) is 0 Å². The summed E-state index contributed by atoms with van der Waals surface area (Å²) in [6.45, 7) is 2.60. The monoisotopic (exact) mass is 348 g/mol. The second kappa shape index (κ2) is 8.66. The van der Waals surface area contributed by atoms with E-state index in [0.717, 1.165) is 23.9 Å². The van der Waals surface area contributed by atoms with Crippen LogP contribution in [-0.4, -0.2) is 31.0 Å². The highest BCUT2D eigenvalue weighted by atomic mass is 79.9. The molecule has 0 aliphatic heterocycles. The molecule has 0 bridgehead atoms. The minimum atomic E-state index is -3.21. The number of aryl methyl sites for hydroxylation is 1. The van der Waals surface area contributed by atoms with Crippen LogP contribution in [0.4, 0.5) is 0 Å². The third-order valence-corrected chi connectivity index (χ3v) is 4.85. The van der Waals surface area contributed by atoms with E-state index in [1.807, 2.05) is 18.2 Å². The number of nitrogens with one attached hydrogen (secondary N) is 1. The molecule has 0 saturated heterocycles. The fourth-order valence-electron chi connectivity index (χ4n) is 1.71. The highest BCUT2D eigenvalue weighted by Gasteiger charge is 2.13. The van der Waals surface area contributed by atoms with Gasteiger partial charge in [0.05, 0.1) is 5.75 Å². The van der Waals surface area contributed by atoms with Crippen molar-refractivity contribution in [3.05, 3.63) is 30.1 Å². The highest BCUT2D eigenvalue weighted by Crippen LogP contribution is 2.09. The zero-order chi connectivity index (χ0) is 14.1. The Morgan fingerprint density at radius 2 is 2.21 bits per heavy atom. The summed E-state index contributed by atoms with van der Waals surface area (Å²) in [7, 11) is -3.21. The zero-order valence-electron chi connectivity index (χ0n) is 11.2. The Balaban J connectivity index is 2.39. The van der Waals surface area contributed by atoms with Gasteiger partial charge >= 0.3 is 0 Å². The molecular formula is C13H21BrN2O2S. The summed E-state index contributed by atoms with van der Waals surface area (Å²) < 4.78 is 26.4. The quantitative estimate of drug-likeness (QED) is 0.697. The molecule has 0 fully saturated rings. The van der Waals surface area contributed by atoms with Crippen LogP contribution in [0.5, 0.6) is 0 Å². The van der Waals surface area contributed by atoms with Crippen molar-refractivity contribution in [2.75, 3.05) is 17.6 Å². The van der Waals surface area contributed by atoms with Crippen LogP contribution in [0.25, 0.3) is 0 Å². The SMILES string of the molecule is CCC(CCBr)CNS(=O)(=O)CCc1ccccn1. The lowest BCUT2D eigenvalue weighted by Crippen LogP contribution is -2.32. The van der Waals surface area contributed by atoms with Gasteiger partial charge in [0.15, 0.2) is 0 Å². The van der Waals surface area contributed by atoms with E-state index in [1.165, 1.54) is 0 Å². The molecule has 1 rings (SSSR count). The smallest absolute Gasteiger partial charge is 0.211 e. The molecule has 1 atom stereocenters. The van der Waals surface area contributed by atoms with Gasteiger partial charge in [-0.3, -0.25) is 4.98 Å². The summed E-state index contributed by atoms with van der Waals surface area (Å²) in [5.41, 5.74) is 0.806. The van der Waals surface area contributed by atoms with E-state index >= 15 is 0 Å². The molecule has 0 radical (unpaired) electrons. The number of hydrogen-bond donors (Lipinski definition) is 1. The maximum Gasteiger partial charge on any atom is 0.211 e. The van der Waals surface area contributed by atoms with E-state index in [-0.39, 0.29) is 5.75 Å². The highest BCUT2D eigenvalue weighted by molar-refractivity contribution is 9.09. The van der Waals surface area contributed by atoms with Crippen LogP contribution in [-0.2, 0) is 16.4 Å². The van der Waals surface area contributed by atoms with Crippen LogP contribution >= 0.6 is 15.9 Å². The minimum Gasteiger partial charge on any atom is -0.261 e. The van der Waals surface area contributed by atoms with Crippen LogP contribution in [0.1, 0.15) is 25.5 Å². The van der Waals surface area contributed by atoms with Gasteiger partial charge in [-0.15, -0.1) is 0 Å². The van der Waals surface area contributed by atoms with E-state index < -0.39 is 10.0 Å². The van der Waals surface area contributed by atoms with Crippen molar-refractivity contribution in [3.8, 4) is 0 Å². The fourth-order valence-corrected chi connectivity index (χ4v) is 3.47. The number of pyridine rings is 1. The molecule has 0 spiro atoms. The topological polar surface area (TPSA) is 59.1 Å². The Labute approximate surface area is 124 Å². The maximum atomic E-state index is 11.9. The lowest BCUT2D eigenvalue weighted by Gasteiger charge is -2.14. The fraction of sp³-hybridized carbons (Fsp3) is 0.615. The molecule has 19 heavy (non-hydrogen) atoms. The van der Waals surface area contributed by atoms with Gasteiger partial charge in [0.1, 0.15) is 0 Å². The summed E-state index contributed by atoms with van der Waals surface area (Å²) in [6.07, 6.45) is 4.09. The lowest BCUT2D eigenvalue weighted by atomic mass is 10.0. The number of hydrogen-bond acceptors (Lipinski definition) is 3. The molecule has 0 saturated carbocycles. The van der Waals surface area contributed by atoms with Crippen LogP contribution in [0.15, 0.2) is 24.4 Å². The van der Waals surface area contributed by atoms with Crippen molar-refractivity contribution in [2.24, 2.45) is 5.92 Å². The molecule has 0 aliphatic rings. The number of alkyl halides is 1. The Bertz CT molecular complexity index is 451. The molecular weight excluding hydrogens is 328 g/mol. The third-order valence-electron chi connectivity index (χ3n) is 3.04. The second-order valence-corrected chi connectivity index (χ2v) is 7.21. The molecule has 1 aromatic rings.